The van der Waals surface area contributed by atoms with Gasteiger partial charge in [-0.1, -0.05) is 0 Å². The molecule has 1 aromatic carbocycles. The van der Waals surface area contributed by atoms with Crippen LogP contribution in [0.2, 0.25) is 0 Å². The van der Waals surface area contributed by atoms with Crippen LogP contribution >= 0.6 is 0 Å². The van der Waals surface area contributed by atoms with Crippen molar-refractivity contribution in [3.05, 3.63) is 29.8 Å². The molecule has 2 aliphatic rings. The Kier molecular flexibility index (Phi) is 3.01. The van der Waals surface area contributed by atoms with Crippen molar-refractivity contribution in [2.75, 3.05) is 24.5 Å². The number of furan rings is 1. The van der Waals surface area contributed by atoms with E-state index in [0.29, 0.717) is 0 Å². The average Bonchev–Trinajstić information content (AvgIpc) is 3.13. The van der Waals surface area contributed by atoms with Crippen molar-refractivity contribution in [2.24, 2.45) is 0 Å². The van der Waals surface area contributed by atoms with E-state index in [0.717, 1.165) is 17.2 Å². The van der Waals surface area contributed by atoms with Crippen LogP contribution in [0.3, 0.4) is 0 Å². The highest BCUT2D eigenvalue weighted by molar-refractivity contribution is 6.31. The van der Waals surface area contributed by atoms with E-state index >= 15 is 0 Å². The first-order valence-corrected chi connectivity index (χ1v) is 6.93. The summed E-state index contributed by atoms with van der Waals surface area (Å²) in [6.45, 7) is 0.0982. The predicted octanol–water partition coefficient (Wildman–Crippen LogP) is 1.01. The van der Waals surface area contributed by atoms with Gasteiger partial charge in [-0.05, 0) is 6.07 Å². The average molecular weight is 342 g/mol. The monoisotopic (exact) mass is 342 g/mol. The van der Waals surface area contributed by atoms with Crippen molar-refractivity contribution in [1.29, 1.82) is 0 Å². The molecule has 24 heavy (non-hydrogen) atoms. The van der Waals surface area contributed by atoms with Crippen LogP contribution in [0, 0.1) is 17.5 Å². The Morgan fingerprint density at radius 1 is 1.08 bits per heavy atom. The van der Waals surface area contributed by atoms with Gasteiger partial charge in [0.1, 0.15) is 5.69 Å². The molecule has 0 unspecified atom stereocenters. The van der Waals surface area contributed by atoms with E-state index in [1.807, 2.05) is 0 Å². The molecule has 2 aromatic rings. The van der Waals surface area contributed by atoms with Gasteiger partial charge in [0, 0.05) is 13.1 Å². The van der Waals surface area contributed by atoms with Gasteiger partial charge in [0.2, 0.25) is 0 Å². The molecule has 4 rings (SSSR count). The minimum absolute atomic E-state index is 0.0155. The lowest BCUT2D eigenvalue weighted by molar-refractivity contribution is -0.180. The number of nitrogens with one attached hydrogen (secondary N) is 1. The SMILES string of the molecule is O=C1OC2(CNCCN2c2c(F)c(F)c(F)c3ccoc23)OC1=O. The van der Waals surface area contributed by atoms with Gasteiger partial charge in [0.15, 0.2) is 23.0 Å². The van der Waals surface area contributed by atoms with Crippen LogP contribution in [-0.2, 0) is 19.1 Å². The molecule has 3 heterocycles. The number of esters is 2. The smallest absolute Gasteiger partial charge is 0.422 e. The Hall–Kier alpha value is -2.75. The van der Waals surface area contributed by atoms with Crippen LogP contribution in [0.4, 0.5) is 18.9 Å². The molecule has 0 radical (unpaired) electrons. The first-order valence-electron chi connectivity index (χ1n) is 6.93. The Morgan fingerprint density at radius 3 is 2.50 bits per heavy atom. The third-order valence-electron chi connectivity index (χ3n) is 3.92. The van der Waals surface area contributed by atoms with Crippen LogP contribution in [0.5, 0.6) is 0 Å². The molecular weight excluding hydrogens is 333 g/mol. The zero-order chi connectivity index (χ0) is 17.1. The van der Waals surface area contributed by atoms with Crippen molar-refractivity contribution in [1.82, 2.24) is 5.32 Å². The molecule has 10 heteroatoms. The highest BCUT2D eigenvalue weighted by Gasteiger charge is 2.56. The zero-order valence-corrected chi connectivity index (χ0v) is 11.9. The third-order valence-corrected chi connectivity index (χ3v) is 3.92. The fourth-order valence-electron chi connectivity index (χ4n) is 2.89. The van der Waals surface area contributed by atoms with Gasteiger partial charge >= 0.3 is 17.8 Å². The van der Waals surface area contributed by atoms with Crippen LogP contribution in [0.25, 0.3) is 11.0 Å². The van der Waals surface area contributed by atoms with Gasteiger partial charge < -0.3 is 19.2 Å². The molecule has 2 fully saturated rings. The number of anilines is 1. The first-order chi connectivity index (χ1) is 11.4. The molecule has 1 aromatic heterocycles. The minimum atomic E-state index is -1.99. The summed E-state index contributed by atoms with van der Waals surface area (Å²) in [6, 6.07) is 1.14. The van der Waals surface area contributed by atoms with Crippen molar-refractivity contribution in [3.63, 3.8) is 0 Å². The maximum Gasteiger partial charge on any atom is 0.422 e. The number of halogens is 3. The maximum atomic E-state index is 14.5. The maximum absolute atomic E-state index is 14.5. The molecule has 1 N–H and O–H groups in total. The molecular formula is C14H9F3N2O5. The van der Waals surface area contributed by atoms with Crippen molar-refractivity contribution >= 4 is 28.6 Å². The Bertz CT molecular complexity index is 865. The van der Waals surface area contributed by atoms with Crippen LogP contribution in [0.1, 0.15) is 0 Å². The summed E-state index contributed by atoms with van der Waals surface area (Å²) < 4.78 is 57.2. The van der Waals surface area contributed by atoms with Gasteiger partial charge in [-0.15, -0.1) is 0 Å². The summed E-state index contributed by atoms with van der Waals surface area (Å²) in [5.74, 6) is -9.15. The Balaban J connectivity index is 1.94. The third kappa shape index (κ3) is 1.83. The molecule has 0 saturated carbocycles. The number of ether oxygens (including phenoxy) is 2. The number of hydrogen-bond donors (Lipinski definition) is 1. The summed E-state index contributed by atoms with van der Waals surface area (Å²) in [7, 11) is 0. The van der Waals surface area contributed by atoms with E-state index in [4.69, 9.17) is 13.9 Å². The second-order valence-corrected chi connectivity index (χ2v) is 5.27. The zero-order valence-electron chi connectivity index (χ0n) is 11.9. The quantitative estimate of drug-likeness (QED) is 0.471. The van der Waals surface area contributed by atoms with Crippen LogP contribution in [-0.4, -0.2) is 37.5 Å². The summed E-state index contributed by atoms with van der Waals surface area (Å²) in [6.07, 6.45) is 1.07. The lowest BCUT2D eigenvalue weighted by Gasteiger charge is -2.41. The number of benzene rings is 1. The molecule has 7 nitrogen and oxygen atoms in total. The number of nitrogens with zero attached hydrogens (tertiary/aromatic N) is 1. The summed E-state index contributed by atoms with van der Waals surface area (Å²) in [5.41, 5.74) is -0.774. The number of hydrogen-bond acceptors (Lipinski definition) is 7. The molecule has 2 saturated heterocycles. The van der Waals surface area contributed by atoms with Crippen LogP contribution in [0.15, 0.2) is 16.7 Å². The molecule has 0 bridgehead atoms. The van der Waals surface area contributed by atoms with Gasteiger partial charge in [-0.2, -0.15) is 0 Å². The van der Waals surface area contributed by atoms with E-state index in [1.54, 1.807) is 0 Å². The number of fused-ring (bicyclic) bond motifs is 1. The van der Waals surface area contributed by atoms with E-state index in [1.165, 1.54) is 0 Å². The highest BCUT2D eigenvalue weighted by atomic mass is 19.2. The standard InChI is InChI=1S/C14H9F3N2O5/c15-7-6-1-4-22-11(6)10(9(17)8(7)16)19-3-2-18-5-14(19)23-12(20)13(21)24-14/h1,4,18H,2-3,5H2. The summed E-state index contributed by atoms with van der Waals surface area (Å²) >= 11 is 0. The predicted molar refractivity (Wildman–Crippen MR) is 71.2 cm³/mol. The number of rotatable bonds is 1. The Labute approximate surface area is 131 Å². The first kappa shape index (κ1) is 14.8. The molecule has 0 aliphatic carbocycles. The lowest BCUT2D eigenvalue weighted by atomic mass is 10.1. The summed E-state index contributed by atoms with van der Waals surface area (Å²) in [4.78, 5) is 23.9. The second-order valence-electron chi connectivity index (χ2n) is 5.27. The van der Waals surface area contributed by atoms with Crippen molar-refractivity contribution in [2.45, 2.75) is 5.91 Å². The van der Waals surface area contributed by atoms with Gasteiger partial charge in [-0.3, -0.25) is 4.90 Å². The number of carbonyl (C=O) groups excluding carboxylic acids is 2. The number of carbonyl (C=O) groups is 2. The van der Waals surface area contributed by atoms with Crippen LogP contribution < -0.4 is 10.2 Å². The van der Waals surface area contributed by atoms with Gasteiger partial charge in [-0.25, -0.2) is 22.8 Å². The molecule has 0 amide bonds. The molecule has 1 spiro atoms. The summed E-state index contributed by atoms with van der Waals surface area (Å²) in [5, 5.41) is 2.54. The van der Waals surface area contributed by atoms with E-state index in [9.17, 15) is 22.8 Å². The fraction of sp³-hybridized carbons (Fsp3) is 0.286. The lowest BCUT2D eigenvalue weighted by Crippen LogP contribution is -2.63. The molecule has 126 valence electrons. The topological polar surface area (TPSA) is 81.0 Å². The van der Waals surface area contributed by atoms with E-state index in [-0.39, 0.29) is 30.6 Å². The van der Waals surface area contributed by atoms with Gasteiger partial charge in [0.25, 0.3) is 0 Å². The largest absolute Gasteiger partial charge is 0.462 e. The fourth-order valence-corrected chi connectivity index (χ4v) is 2.89. The van der Waals surface area contributed by atoms with Gasteiger partial charge in [0.05, 0.1) is 18.2 Å². The second kappa shape index (κ2) is 4.87. The van der Waals surface area contributed by atoms with Crippen molar-refractivity contribution in [3.8, 4) is 0 Å². The van der Waals surface area contributed by atoms with Crippen molar-refractivity contribution < 1.29 is 36.7 Å². The van der Waals surface area contributed by atoms with E-state index in [2.05, 4.69) is 5.32 Å². The normalized spacial score (nSPS) is 19.9. The molecule has 0 atom stereocenters. The minimum Gasteiger partial charge on any atom is -0.462 e. The highest BCUT2D eigenvalue weighted by Crippen LogP contribution is 2.40. The van der Waals surface area contributed by atoms with E-state index < -0.39 is 41.0 Å². The molecule has 2 aliphatic heterocycles. The Morgan fingerprint density at radius 2 is 1.79 bits per heavy atom. The number of piperazine rings is 1.